The third-order valence-corrected chi connectivity index (χ3v) is 6.39. The Hall–Kier alpha value is -4.35. The average Bonchev–Trinajstić information content (AvgIpc) is 2.92. The van der Waals surface area contributed by atoms with Crippen LogP contribution in [0.25, 0.3) is 0 Å². The van der Waals surface area contributed by atoms with E-state index in [0.29, 0.717) is 4.73 Å². The minimum Gasteiger partial charge on any atom is -0.616 e. The molecular formula is C26H25F3N4O5. The smallest absolute Gasteiger partial charge is 0.422 e. The Kier molecular flexibility index (Phi) is 7.70. The molecule has 2 aromatic heterocycles. The molecule has 1 aliphatic rings. The van der Waals surface area contributed by atoms with Crippen molar-refractivity contribution in [2.24, 2.45) is 0 Å². The van der Waals surface area contributed by atoms with E-state index in [1.165, 1.54) is 25.2 Å². The molecule has 3 heterocycles. The Morgan fingerprint density at radius 3 is 2.53 bits per heavy atom. The molecule has 0 spiro atoms. The van der Waals surface area contributed by atoms with Crippen LogP contribution in [0.5, 0.6) is 11.6 Å². The predicted octanol–water partition coefficient (Wildman–Crippen LogP) is 3.18. The lowest BCUT2D eigenvalue weighted by Gasteiger charge is -2.39. The summed E-state index contributed by atoms with van der Waals surface area (Å²) < 4.78 is 51.0. The van der Waals surface area contributed by atoms with E-state index in [1.54, 1.807) is 12.1 Å². The van der Waals surface area contributed by atoms with Gasteiger partial charge in [0.15, 0.2) is 6.20 Å². The van der Waals surface area contributed by atoms with Gasteiger partial charge in [0, 0.05) is 37.3 Å². The number of piperidine rings is 1. The number of halogens is 3. The van der Waals surface area contributed by atoms with Gasteiger partial charge in [0.25, 0.3) is 11.8 Å². The molecule has 2 atom stereocenters. The summed E-state index contributed by atoms with van der Waals surface area (Å²) in [5.41, 5.74) is -0.967. The summed E-state index contributed by atoms with van der Waals surface area (Å²) in [6.45, 7) is 0.337. The zero-order chi connectivity index (χ0) is 27.4. The van der Waals surface area contributed by atoms with Gasteiger partial charge in [0.05, 0.1) is 19.8 Å². The van der Waals surface area contributed by atoms with E-state index in [0.717, 1.165) is 30.1 Å². The van der Waals surface area contributed by atoms with Gasteiger partial charge in [-0.2, -0.15) is 13.2 Å². The Labute approximate surface area is 216 Å². The van der Waals surface area contributed by atoms with E-state index in [9.17, 15) is 28.0 Å². The number of rotatable bonds is 6. The van der Waals surface area contributed by atoms with E-state index in [4.69, 9.17) is 9.47 Å². The minimum atomic E-state index is -4.74. The average molecular weight is 531 g/mol. The topological polar surface area (TPSA) is 108 Å². The van der Waals surface area contributed by atoms with Crippen molar-refractivity contribution in [3.8, 4) is 11.6 Å². The molecule has 0 radical (unpaired) electrons. The summed E-state index contributed by atoms with van der Waals surface area (Å²) in [7, 11) is 2.65. The Morgan fingerprint density at radius 2 is 1.87 bits per heavy atom. The molecule has 12 heteroatoms. The van der Waals surface area contributed by atoms with Crippen molar-refractivity contribution in [3.63, 3.8) is 0 Å². The van der Waals surface area contributed by atoms with Gasteiger partial charge in [-0.25, -0.2) is 0 Å². The van der Waals surface area contributed by atoms with Gasteiger partial charge < -0.3 is 24.9 Å². The number of nitrogens with one attached hydrogen (secondary N) is 1. The van der Waals surface area contributed by atoms with Crippen LogP contribution in [-0.2, 0) is 6.18 Å². The highest BCUT2D eigenvalue weighted by Crippen LogP contribution is 2.33. The lowest BCUT2D eigenvalue weighted by molar-refractivity contribution is -0.612. The van der Waals surface area contributed by atoms with Gasteiger partial charge in [0.1, 0.15) is 11.3 Å². The number of carbonyl (C=O) groups excluding carboxylic acids is 2. The molecule has 9 nitrogen and oxygen atoms in total. The molecule has 1 N–H and O–H groups in total. The summed E-state index contributed by atoms with van der Waals surface area (Å²) in [4.78, 5) is 31.5. The number of alkyl halides is 3. The van der Waals surface area contributed by atoms with Crippen molar-refractivity contribution in [2.75, 3.05) is 27.3 Å². The largest absolute Gasteiger partial charge is 0.616 e. The maximum Gasteiger partial charge on any atom is 0.422 e. The zero-order valence-corrected chi connectivity index (χ0v) is 20.6. The molecule has 0 unspecified atom stereocenters. The first-order valence-corrected chi connectivity index (χ1v) is 11.7. The number of aromatic nitrogens is 2. The standard InChI is InChI=1S/C26H25F3N4O5/c1-37-21-13-17(14-33(36)25(21)38-2)24(35)32-12-10-20(18(15-32)16-7-4-3-5-8-16)31-23(34)22-19(26(27,28)29)9-6-11-30-22/h3-9,11,13-14,18,20H,10,12,15H2,1-2H3,(H,31,34)/t18-,20-/m1/s1. The summed E-state index contributed by atoms with van der Waals surface area (Å²) in [6, 6.07) is 11.8. The first kappa shape index (κ1) is 26.7. The second-order valence-corrected chi connectivity index (χ2v) is 8.67. The molecule has 4 rings (SSSR count). The Morgan fingerprint density at radius 1 is 1.13 bits per heavy atom. The predicted molar refractivity (Wildman–Crippen MR) is 129 cm³/mol. The number of amides is 2. The number of carbonyl (C=O) groups is 2. The molecule has 0 saturated carbocycles. The molecule has 3 aromatic rings. The number of nitrogens with zero attached hydrogens (tertiary/aromatic N) is 3. The van der Waals surface area contributed by atoms with Gasteiger partial charge in [-0.3, -0.25) is 14.6 Å². The molecule has 0 aliphatic carbocycles. The van der Waals surface area contributed by atoms with Gasteiger partial charge in [-0.15, -0.1) is 4.73 Å². The van der Waals surface area contributed by atoms with Crippen molar-refractivity contribution in [3.05, 3.63) is 88.5 Å². The summed E-state index contributed by atoms with van der Waals surface area (Å²) >= 11 is 0. The highest BCUT2D eigenvalue weighted by atomic mass is 19.4. The fourth-order valence-corrected chi connectivity index (χ4v) is 4.57. The van der Waals surface area contributed by atoms with Crippen molar-refractivity contribution < 1.29 is 37.0 Å². The van der Waals surface area contributed by atoms with Crippen LogP contribution in [0.1, 0.15) is 44.3 Å². The lowest BCUT2D eigenvalue weighted by Crippen LogP contribution is -2.51. The van der Waals surface area contributed by atoms with Crippen LogP contribution < -0.4 is 19.5 Å². The summed E-state index contributed by atoms with van der Waals surface area (Å²) in [6.07, 6.45) is -2.26. The third kappa shape index (κ3) is 5.48. The van der Waals surface area contributed by atoms with Gasteiger partial charge >= 0.3 is 12.1 Å². The van der Waals surface area contributed by atoms with Crippen LogP contribution in [0.15, 0.2) is 60.9 Å². The zero-order valence-electron chi connectivity index (χ0n) is 20.6. The maximum atomic E-state index is 13.5. The molecule has 1 saturated heterocycles. The molecular weight excluding hydrogens is 505 g/mol. The number of methoxy groups -OCH3 is 2. The molecule has 2 amide bonds. The number of hydrogen-bond acceptors (Lipinski definition) is 6. The number of pyridine rings is 2. The maximum absolute atomic E-state index is 13.5. The second-order valence-electron chi connectivity index (χ2n) is 8.67. The molecule has 38 heavy (non-hydrogen) atoms. The van der Waals surface area contributed by atoms with Gasteiger partial charge in [0.2, 0.25) is 5.75 Å². The Bertz CT molecular complexity index is 1320. The minimum absolute atomic E-state index is 0.0789. The number of benzene rings is 1. The lowest BCUT2D eigenvalue weighted by atomic mass is 9.85. The van der Waals surface area contributed by atoms with E-state index >= 15 is 0 Å². The first-order valence-electron chi connectivity index (χ1n) is 11.7. The Balaban J connectivity index is 1.60. The fourth-order valence-electron chi connectivity index (χ4n) is 4.57. The summed E-state index contributed by atoms with van der Waals surface area (Å²) in [5, 5.41) is 15.0. The molecule has 1 fully saturated rings. The molecule has 1 aliphatic heterocycles. The normalized spacial score (nSPS) is 17.6. The summed E-state index contributed by atoms with van der Waals surface area (Å²) in [5.74, 6) is -1.83. The van der Waals surface area contributed by atoms with E-state index < -0.39 is 41.2 Å². The van der Waals surface area contributed by atoms with Crippen LogP contribution in [0.3, 0.4) is 0 Å². The van der Waals surface area contributed by atoms with Crippen molar-refractivity contribution in [2.45, 2.75) is 24.6 Å². The van der Waals surface area contributed by atoms with Crippen LogP contribution in [0, 0.1) is 5.21 Å². The van der Waals surface area contributed by atoms with E-state index in [2.05, 4.69) is 10.3 Å². The van der Waals surface area contributed by atoms with Crippen molar-refractivity contribution in [1.82, 2.24) is 15.2 Å². The monoisotopic (exact) mass is 530 g/mol. The van der Waals surface area contributed by atoms with Gasteiger partial charge in [-0.1, -0.05) is 30.3 Å². The van der Waals surface area contributed by atoms with E-state index in [1.807, 2.05) is 18.2 Å². The van der Waals surface area contributed by atoms with Crippen LogP contribution in [0.4, 0.5) is 13.2 Å². The first-order chi connectivity index (χ1) is 18.1. The second kappa shape index (κ2) is 11.0. The molecule has 1 aromatic carbocycles. The van der Waals surface area contributed by atoms with Crippen molar-refractivity contribution >= 4 is 11.8 Å². The fraction of sp³-hybridized carbons (Fsp3) is 0.308. The third-order valence-electron chi connectivity index (χ3n) is 6.39. The van der Waals surface area contributed by atoms with Gasteiger partial charge in [-0.05, 0) is 24.1 Å². The van der Waals surface area contributed by atoms with Crippen molar-refractivity contribution in [1.29, 1.82) is 0 Å². The molecule has 0 bridgehead atoms. The van der Waals surface area contributed by atoms with E-state index in [-0.39, 0.29) is 36.7 Å². The van der Waals surface area contributed by atoms with Crippen LogP contribution in [-0.4, -0.2) is 55.0 Å². The highest BCUT2D eigenvalue weighted by Gasteiger charge is 2.39. The van der Waals surface area contributed by atoms with Crippen LogP contribution in [0.2, 0.25) is 0 Å². The van der Waals surface area contributed by atoms with Crippen LogP contribution >= 0.6 is 0 Å². The number of hydrogen-bond donors (Lipinski definition) is 1. The highest BCUT2D eigenvalue weighted by molar-refractivity contribution is 5.95. The SMILES string of the molecule is COc1cc(C(=O)N2CC[C@@H](NC(=O)c3ncccc3C(F)(F)F)[C@@H](c3ccccc3)C2)c[n+]([O-])c1OC. The quantitative estimate of drug-likeness (QED) is 0.388. The number of likely N-dealkylation sites (tertiary alicyclic amines) is 1. The number of ether oxygens (including phenoxy) is 2. The molecule has 200 valence electrons.